The van der Waals surface area contributed by atoms with Crippen molar-refractivity contribution in [2.45, 2.75) is 33.4 Å². The number of benzene rings is 2. The van der Waals surface area contributed by atoms with E-state index in [4.69, 9.17) is 9.47 Å². The molecule has 3 rings (SSSR count). The Bertz CT molecular complexity index is 1020. The summed E-state index contributed by atoms with van der Waals surface area (Å²) >= 11 is 0. The Kier molecular flexibility index (Phi) is 7.01. The molecule has 0 fully saturated rings. The normalized spacial score (nSPS) is 11.9. The van der Waals surface area contributed by atoms with Crippen LogP contribution in [0.25, 0.3) is 10.9 Å². The first-order valence-corrected chi connectivity index (χ1v) is 10.0. The molecule has 0 saturated carbocycles. The van der Waals surface area contributed by atoms with E-state index in [-0.39, 0.29) is 18.4 Å². The van der Waals surface area contributed by atoms with Crippen LogP contribution < -0.4 is 10.1 Å². The van der Waals surface area contributed by atoms with Gasteiger partial charge in [-0.05, 0) is 49.2 Å². The molecular formula is C24H26N2O4. The second kappa shape index (κ2) is 9.87. The Morgan fingerprint density at radius 2 is 1.73 bits per heavy atom. The summed E-state index contributed by atoms with van der Waals surface area (Å²) < 4.78 is 10.8. The van der Waals surface area contributed by atoms with Crippen LogP contribution in [-0.4, -0.2) is 29.5 Å². The van der Waals surface area contributed by atoms with Crippen molar-refractivity contribution in [1.82, 2.24) is 10.3 Å². The van der Waals surface area contributed by atoms with Crippen LogP contribution in [0.2, 0.25) is 0 Å². The number of rotatable bonds is 8. The Morgan fingerprint density at radius 3 is 2.43 bits per heavy atom. The minimum atomic E-state index is -0.760. The van der Waals surface area contributed by atoms with E-state index in [0.29, 0.717) is 23.6 Å². The van der Waals surface area contributed by atoms with Gasteiger partial charge in [-0.25, -0.2) is 9.78 Å². The van der Waals surface area contributed by atoms with Gasteiger partial charge in [-0.2, -0.15) is 0 Å². The molecule has 30 heavy (non-hydrogen) atoms. The Balaban J connectivity index is 1.62. The topological polar surface area (TPSA) is 77.5 Å². The number of hydrogen-bond acceptors (Lipinski definition) is 5. The monoisotopic (exact) mass is 406 g/mol. The number of aromatic nitrogens is 1. The number of carbonyl (C=O) groups excluding carboxylic acids is 2. The third kappa shape index (κ3) is 5.35. The van der Waals surface area contributed by atoms with Gasteiger partial charge in [-0.3, -0.25) is 4.79 Å². The summed E-state index contributed by atoms with van der Waals surface area (Å²) in [6, 6.07) is 17.6. The van der Waals surface area contributed by atoms with Crippen LogP contribution in [-0.2, 0) is 16.1 Å². The number of esters is 1. The van der Waals surface area contributed by atoms with E-state index in [1.807, 2.05) is 57.2 Å². The number of pyridine rings is 1. The third-order valence-corrected chi connectivity index (χ3v) is 4.65. The predicted octanol–water partition coefficient (Wildman–Crippen LogP) is 4.13. The van der Waals surface area contributed by atoms with Gasteiger partial charge in [-0.1, -0.05) is 38.1 Å². The summed E-state index contributed by atoms with van der Waals surface area (Å²) in [5.41, 5.74) is 1.95. The van der Waals surface area contributed by atoms with Crippen molar-refractivity contribution >= 4 is 22.8 Å². The van der Waals surface area contributed by atoms with Crippen molar-refractivity contribution in [3.8, 4) is 5.75 Å². The highest BCUT2D eigenvalue weighted by Crippen LogP contribution is 2.15. The van der Waals surface area contributed by atoms with Crippen molar-refractivity contribution in [3.05, 3.63) is 71.9 Å². The zero-order valence-electron chi connectivity index (χ0n) is 17.4. The number of nitrogens with one attached hydrogen (secondary N) is 1. The number of nitrogens with zero attached hydrogens (tertiary/aromatic N) is 1. The van der Waals surface area contributed by atoms with Crippen LogP contribution in [0.15, 0.2) is 60.7 Å². The number of carbonyl (C=O) groups is 2. The molecule has 3 aromatic rings. The number of hydrogen-bond donors (Lipinski definition) is 1. The van der Waals surface area contributed by atoms with E-state index in [0.717, 1.165) is 10.9 Å². The van der Waals surface area contributed by atoms with Gasteiger partial charge < -0.3 is 14.8 Å². The average Bonchev–Trinajstić information content (AvgIpc) is 2.76. The molecule has 0 aliphatic rings. The predicted molar refractivity (Wildman–Crippen MR) is 115 cm³/mol. The van der Waals surface area contributed by atoms with Crippen LogP contribution in [0.3, 0.4) is 0 Å². The molecule has 1 atom stereocenters. The van der Waals surface area contributed by atoms with E-state index < -0.39 is 12.0 Å². The first-order chi connectivity index (χ1) is 14.5. The largest absolute Gasteiger partial charge is 0.494 e. The van der Waals surface area contributed by atoms with E-state index in [9.17, 15) is 9.59 Å². The Hall–Kier alpha value is -3.41. The zero-order valence-corrected chi connectivity index (χ0v) is 17.4. The standard InChI is InChI=1S/C24H26N2O4/c1-4-29-20-13-10-18(11-14-20)23(27)26-22(16(2)3)24(28)30-15-19-12-9-17-7-5-6-8-21(17)25-19/h5-14,16,22H,4,15H2,1-3H3,(H,26,27)/t22-/m0/s1. The van der Waals surface area contributed by atoms with E-state index >= 15 is 0 Å². The molecule has 0 bridgehead atoms. The molecule has 1 N–H and O–H groups in total. The fraction of sp³-hybridized carbons (Fsp3) is 0.292. The Labute approximate surface area is 176 Å². The summed E-state index contributed by atoms with van der Waals surface area (Å²) in [5, 5.41) is 3.80. The van der Waals surface area contributed by atoms with Gasteiger partial charge in [0, 0.05) is 10.9 Å². The first-order valence-electron chi connectivity index (χ1n) is 10.0. The van der Waals surface area contributed by atoms with E-state index in [1.165, 1.54) is 0 Å². The molecule has 0 spiro atoms. The molecular weight excluding hydrogens is 380 g/mol. The molecule has 1 aromatic heterocycles. The fourth-order valence-electron chi connectivity index (χ4n) is 3.02. The van der Waals surface area contributed by atoms with Gasteiger partial charge in [0.05, 0.1) is 17.8 Å². The molecule has 0 aliphatic heterocycles. The molecule has 2 aromatic carbocycles. The molecule has 0 aliphatic carbocycles. The van der Waals surface area contributed by atoms with Crippen LogP contribution >= 0.6 is 0 Å². The summed E-state index contributed by atoms with van der Waals surface area (Å²) in [6.45, 7) is 6.22. The second-order valence-corrected chi connectivity index (χ2v) is 7.26. The lowest BCUT2D eigenvalue weighted by molar-refractivity contribution is -0.148. The number of para-hydroxylation sites is 1. The quantitative estimate of drug-likeness (QED) is 0.569. The van der Waals surface area contributed by atoms with Crippen LogP contribution in [0, 0.1) is 5.92 Å². The highest BCUT2D eigenvalue weighted by Gasteiger charge is 2.26. The van der Waals surface area contributed by atoms with Crippen molar-refractivity contribution in [1.29, 1.82) is 0 Å². The van der Waals surface area contributed by atoms with E-state index in [2.05, 4.69) is 10.3 Å². The molecule has 1 heterocycles. The third-order valence-electron chi connectivity index (χ3n) is 4.65. The first kappa shape index (κ1) is 21.3. The maximum atomic E-state index is 12.6. The summed E-state index contributed by atoms with van der Waals surface area (Å²) in [6.07, 6.45) is 0. The van der Waals surface area contributed by atoms with Gasteiger partial charge >= 0.3 is 5.97 Å². The van der Waals surface area contributed by atoms with Crippen molar-refractivity contribution < 1.29 is 19.1 Å². The van der Waals surface area contributed by atoms with Gasteiger partial charge in [0.25, 0.3) is 5.91 Å². The molecule has 0 saturated heterocycles. The van der Waals surface area contributed by atoms with Gasteiger partial charge in [0.15, 0.2) is 0 Å². The summed E-state index contributed by atoms with van der Waals surface area (Å²) in [4.78, 5) is 29.7. The van der Waals surface area contributed by atoms with Crippen molar-refractivity contribution in [2.24, 2.45) is 5.92 Å². The molecule has 1 amide bonds. The van der Waals surface area contributed by atoms with Gasteiger partial charge in [0.2, 0.25) is 0 Å². The smallest absolute Gasteiger partial charge is 0.329 e. The van der Waals surface area contributed by atoms with Gasteiger partial charge in [-0.15, -0.1) is 0 Å². The maximum Gasteiger partial charge on any atom is 0.329 e. The van der Waals surface area contributed by atoms with Crippen molar-refractivity contribution in [3.63, 3.8) is 0 Å². The second-order valence-electron chi connectivity index (χ2n) is 7.26. The maximum absolute atomic E-state index is 12.6. The van der Waals surface area contributed by atoms with Gasteiger partial charge in [0.1, 0.15) is 18.4 Å². The van der Waals surface area contributed by atoms with Crippen LogP contribution in [0.1, 0.15) is 36.8 Å². The van der Waals surface area contributed by atoms with Crippen molar-refractivity contribution in [2.75, 3.05) is 6.61 Å². The van der Waals surface area contributed by atoms with E-state index in [1.54, 1.807) is 24.3 Å². The molecule has 0 radical (unpaired) electrons. The summed E-state index contributed by atoms with van der Waals surface area (Å²) in [7, 11) is 0. The lowest BCUT2D eigenvalue weighted by atomic mass is 10.0. The number of fused-ring (bicyclic) bond motifs is 1. The SMILES string of the molecule is CCOc1ccc(C(=O)N[C@H](C(=O)OCc2ccc3ccccc3n2)C(C)C)cc1. The molecule has 6 nitrogen and oxygen atoms in total. The molecule has 0 unspecified atom stereocenters. The lowest BCUT2D eigenvalue weighted by Crippen LogP contribution is -2.45. The Morgan fingerprint density at radius 1 is 1.00 bits per heavy atom. The fourth-order valence-corrected chi connectivity index (χ4v) is 3.02. The average molecular weight is 406 g/mol. The zero-order chi connectivity index (χ0) is 21.5. The number of ether oxygens (including phenoxy) is 2. The lowest BCUT2D eigenvalue weighted by Gasteiger charge is -2.21. The molecule has 6 heteroatoms. The van der Waals surface area contributed by atoms with Crippen LogP contribution in [0.5, 0.6) is 5.75 Å². The number of amides is 1. The van der Waals surface area contributed by atoms with Crippen LogP contribution in [0.4, 0.5) is 0 Å². The highest BCUT2D eigenvalue weighted by atomic mass is 16.5. The summed E-state index contributed by atoms with van der Waals surface area (Å²) in [5.74, 6) is -0.262. The minimum Gasteiger partial charge on any atom is -0.494 e. The molecule has 156 valence electrons. The highest BCUT2D eigenvalue weighted by molar-refractivity contribution is 5.97. The minimum absolute atomic E-state index is 0.0474.